The first-order valence-electron chi connectivity index (χ1n) is 9.67. The first-order valence-corrected chi connectivity index (χ1v) is 9.67. The highest BCUT2D eigenvalue weighted by Crippen LogP contribution is 2.27. The van der Waals surface area contributed by atoms with Crippen molar-refractivity contribution in [3.63, 3.8) is 0 Å². The number of anilines is 1. The van der Waals surface area contributed by atoms with Gasteiger partial charge in [-0.1, -0.05) is 17.3 Å². The number of aromatic nitrogens is 7. The minimum atomic E-state index is -0.247. The van der Waals surface area contributed by atoms with E-state index in [2.05, 4.69) is 35.6 Å². The molecule has 30 heavy (non-hydrogen) atoms. The molecular formula is C20H19N9O. The molecule has 0 bridgehead atoms. The van der Waals surface area contributed by atoms with Crippen LogP contribution in [0, 0.1) is 5.92 Å². The van der Waals surface area contributed by atoms with E-state index in [1.165, 1.54) is 6.33 Å². The number of amides is 1. The SMILES string of the molecule is NC(=O)[C@@H]1CC[C@@H](Nc2ncc3nnn(-c4ccc(-c5cncnc5)cc4)c3n2)C1. The van der Waals surface area contributed by atoms with Gasteiger partial charge >= 0.3 is 0 Å². The third kappa shape index (κ3) is 3.43. The maximum absolute atomic E-state index is 11.4. The molecule has 1 amide bonds. The van der Waals surface area contributed by atoms with Crippen LogP contribution in [0.25, 0.3) is 28.0 Å². The van der Waals surface area contributed by atoms with Crippen LogP contribution in [-0.4, -0.2) is 46.9 Å². The van der Waals surface area contributed by atoms with Gasteiger partial charge in [0, 0.05) is 29.9 Å². The average Bonchev–Trinajstić information content (AvgIpc) is 3.42. The van der Waals surface area contributed by atoms with Gasteiger partial charge in [0.2, 0.25) is 11.9 Å². The normalized spacial score (nSPS) is 18.5. The van der Waals surface area contributed by atoms with E-state index in [9.17, 15) is 4.79 Å². The third-order valence-corrected chi connectivity index (χ3v) is 5.37. The monoisotopic (exact) mass is 401 g/mol. The van der Waals surface area contributed by atoms with Gasteiger partial charge in [-0.2, -0.15) is 9.67 Å². The number of nitrogens with two attached hydrogens (primary N) is 1. The molecule has 2 atom stereocenters. The van der Waals surface area contributed by atoms with Crippen LogP contribution >= 0.6 is 0 Å². The number of carbonyl (C=O) groups is 1. The van der Waals surface area contributed by atoms with Gasteiger partial charge in [-0.3, -0.25) is 4.79 Å². The minimum absolute atomic E-state index is 0.0908. The summed E-state index contributed by atoms with van der Waals surface area (Å²) in [4.78, 5) is 28.4. The summed E-state index contributed by atoms with van der Waals surface area (Å²) >= 11 is 0. The molecule has 0 radical (unpaired) electrons. The van der Waals surface area contributed by atoms with E-state index < -0.39 is 0 Å². The minimum Gasteiger partial charge on any atom is -0.369 e. The molecule has 1 saturated carbocycles. The Kier molecular flexibility index (Phi) is 4.51. The Hall–Kier alpha value is -3.95. The molecule has 10 heteroatoms. The van der Waals surface area contributed by atoms with Crippen LogP contribution in [0.4, 0.5) is 5.95 Å². The number of hydrogen-bond acceptors (Lipinski definition) is 8. The summed E-state index contributed by atoms with van der Waals surface area (Å²) in [7, 11) is 0. The van der Waals surface area contributed by atoms with E-state index in [-0.39, 0.29) is 17.9 Å². The molecule has 150 valence electrons. The van der Waals surface area contributed by atoms with Crippen molar-refractivity contribution in [1.82, 2.24) is 34.9 Å². The van der Waals surface area contributed by atoms with Crippen LogP contribution < -0.4 is 11.1 Å². The number of nitrogens with one attached hydrogen (secondary N) is 1. The van der Waals surface area contributed by atoms with E-state index in [1.807, 2.05) is 24.3 Å². The fourth-order valence-electron chi connectivity index (χ4n) is 3.77. The van der Waals surface area contributed by atoms with Crippen molar-refractivity contribution in [2.24, 2.45) is 11.7 Å². The fourth-order valence-corrected chi connectivity index (χ4v) is 3.77. The number of benzene rings is 1. The second-order valence-electron chi connectivity index (χ2n) is 7.33. The van der Waals surface area contributed by atoms with Crippen molar-refractivity contribution in [2.45, 2.75) is 25.3 Å². The molecule has 10 nitrogen and oxygen atoms in total. The summed E-state index contributed by atoms with van der Waals surface area (Å²) in [5.74, 6) is 0.148. The van der Waals surface area contributed by atoms with E-state index in [0.717, 1.165) is 29.7 Å². The van der Waals surface area contributed by atoms with E-state index in [1.54, 1.807) is 23.3 Å². The molecule has 1 fully saturated rings. The van der Waals surface area contributed by atoms with Crippen LogP contribution in [0.15, 0.2) is 49.2 Å². The summed E-state index contributed by atoms with van der Waals surface area (Å²) in [6.45, 7) is 0. The zero-order chi connectivity index (χ0) is 20.5. The molecule has 3 aromatic heterocycles. The molecule has 0 unspecified atom stereocenters. The molecule has 3 heterocycles. The van der Waals surface area contributed by atoms with Crippen LogP contribution in [-0.2, 0) is 4.79 Å². The van der Waals surface area contributed by atoms with E-state index in [4.69, 9.17) is 5.73 Å². The Bertz CT molecular complexity index is 1190. The molecule has 0 aliphatic heterocycles. The van der Waals surface area contributed by atoms with Crippen LogP contribution in [0.1, 0.15) is 19.3 Å². The van der Waals surface area contributed by atoms with Crippen molar-refractivity contribution in [1.29, 1.82) is 0 Å². The molecule has 1 aliphatic carbocycles. The maximum Gasteiger partial charge on any atom is 0.225 e. The van der Waals surface area contributed by atoms with Gasteiger partial charge in [0.1, 0.15) is 6.33 Å². The quantitative estimate of drug-likeness (QED) is 0.516. The van der Waals surface area contributed by atoms with Crippen molar-refractivity contribution >= 4 is 23.0 Å². The summed E-state index contributed by atoms with van der Waals surface area (Å²) in [6, 6.07) is 7.96. The predicted molar refractivity (Wildman–Crippen MR) is 109 cm³/mol. The Morgan fingerprint density at radius 3 is 2.60 bits per heavy atom. The number of rotatable bonds is 5. The van der Waals surface area contributed by atoms with Gasteiger partial charge in [0.05, 0.1) is 11.9 Å². The van der Waals surface area contributed by atoms with Gasteiger partial charge in [0.25, 0.3) is 0 Å². The number of nitrogens with zero attached hydrogens (tertiary/aromatic N) is 7. The number of carbonyl (C=O) groups excluding carboxylic acids is 1. The first kappa shape index (κ1) is 18.1. The second kappa shape index (κ2) is 7.47. The van der Waals surface area contributed by atoms with Gasteiger partial charge in [0.15, 0.2) is 11.2 Å². The van der Waals surface area contributed by atoms with Crippen molar-refractivity contribution in [3.05, 3.63) is 49.2 Å². The number of hydrogen-bond donors (Lipinski definition) is 2. The fraction of sp³-hybridized carbons (Fsp3) is 0.250. The summed E-state index contributed by atoms with van der Waals surface area (Å²) in [5.41, 5.74) is 9.40. The molecular weight excluding hydrogens is 382 g/mol. The summed E-state index contributed by atoms with van der Waals surface area (Å²) < 4.78 is 1.67. The van der Waals surface area contributed by atoms with Crippen molar-refractivity contribution < 1.29 is 4.79 Å². The lowest BCUT2D eigenvalue weighted by molar-refractivity contribution is -0.121. The molecule has 0 spiro atoms. The predicted octanol–water partition coefficient (Wildman–Crippen LogP) is 1.73. The number of primary amides is 1. The summed E-state index contributed by atoms with van der Waals surface area (Å²) in [6.07, 6.45) is 9.02. The highest BCUT2D eigenvalue weighted by atomic mass is 16.1. The third-order valence-electron chi connectivity index (χ3n) is 5.37. The van der Waals surface area contributed by atoms with E-state index in [0.29, 0.717) is 23.5 Å². The Balaban J connectivity index is 1.40. The average molecular weight is 401 g/mol. The lowest BCUT2D eigenvalue weighted by atomic mass is 10.1. The smallest absolute Gasteiger partial charge is 0.225 e. The van der Waals surface area contributed by atoms with Crippen LogP contribution in [0.2, 0.25) is 0 Å². The highest BCUT2D eigenvalue weighted by molar-refractivity contribution is 5.77. The second-order valence-corrected chi connectivity index (χ2v) is 7.33. The zero-order valence-electron chi connectivity index (χ0n) is 16.0. The first-order chi connectivity index (χ1) is 14.7. The van der Waals surface area contributed by atoms with Gasteiger partial charge in [-0.25, -0.2) is 15.0 Å². The maximum atomic E-state index is 11.4. The van der Waals surface area contributed by atoms with Crippen LogP contribution in [0.3, 0.4) is 0 Å². The van der Waals surface area contributed by atoms with E-state index >= 15 is 0 Å². The zero-order valence-corrected chi connectivity index (χ0v) is 16.0. The lowest BCUT2D eigenvalue weighted by Crippen LogP contribution is -2.23. The molecule has 1 aromatic carbocycles. The van der Waals surface area contributed by atoms with Gasteiger partial charge in [-0.15, -0.1) is 5.10 Å². The molecule has 3 N–H and O–H groups in total. The lowest BCUT2D eigenvalue weighted by Gasteiger charge is -2.12. The molecule has 1 aliphatic rings. The molecule has 4 aromatic rings. The number of fused-ring (bicyclic) bond motifs is 1. The molecule has 0 saturated heterocycles. The molecule has 5 rings (SSSR count). The Morgan fingerprint density at radius 2 is 1.87 bits per heavy atom. The Morgan fingerprint density at radius 1 is 1.07 bits per heavy atom. The van der Waals surface area contributed by atoms with Gasteiger partial charge < -0.3 is 11.1 Å². The van der Waals surface area contributed by atoms with Crippen molar-refractivity contribution in [3.8, 4) is 16.8 Å². The topological polar surface area (TPSA) is 137 Å². The van der Waals surface area contributed by atoms with Gasteiger partial charge in [-0.05, 0) is 37.0 Å². The Labute approximate surface area is 171 Å². The van der Waals surface area contributed by atoms with Crippen LogP contribution in [0.5, 0.6) is 0 Å². The van der Waals surface area contributed by atoms with Crippen molar-refractivity contribution in [2.75, 3.05) is 5.32 Å². The largest absolute Gasteiger partial charge is 0.369 e. The highest BCUT2D eigenvalue weighted by Gasteiger charge is 2.28. The summed E-state index contributed by atoms with van der Waals surface area (Å²) in [5, 5.41) is 11.7. The standard InChI is InChI=1S/C20H19N9O/c21-18(30)13-1-4-15(7-13)25-20-24-10-17-19(26-20)29(28-27-17)16-5-2-12(3-6-16)14-8-22-11-23-9-14/h2-3,5-6,8-11,13,15H,1,4,7H2,(H2,21,30)(H,24,25,26)/t13-,15-/m1/s1.